The summed E-state index contributed by atoms with van der Waals surface area (Å²) in [5.41, 5.74) is 1.15. The number of aryl methyl sites for hydroxylation is 2. The van der Waals surface area contributed by atoms with Gasteiger partial charge in [0, 0.05) is 11.4 Å². The number of rotatable bonds is 4. The van der Waals surface area contributed by atoms with Gasteiger partial charge in [0.2, 0.25) is 0 Å². The van der Waals surface area contributed by atoms with E-state index in [0.29, 0.717) is 11.1 Å². The van der Waals surface area contributed by atoms with E-state index < -0.39 is 5.60 Å². The Labute approximate surface area is 124 Å². The van der Waals surface area contributed by atoms with E-state index in [0.717, 1.165) is 11.1 Å². The first-order chi connectivity index (χ1) is 9.49. The summed E-state index contributed by atoms with van der Waals surface area (Å²) in [6, 6.07) is 12.4. The van der Waals surface area contributed by atoms with Crippen LogP contribution in [0.25, 0.3) is 0 Å². The predicted octanol–water partition coefficient (Wildman–Crippen LogP) is 4.31. The Morgan fingerprint density at radius 1 is 1.15 bits per heavy atom. The number of alkyl halides is 1. The highest BCUT2D eigenvalue weighted by molar-refractivity contribution is 6.17. The molecule has 2 aromatic rings. The average Bonchev–Trinajstić information content (AvgIpc) is 2.38. The zero-order valence-corrected chi connectivity index (χ0v) is 12.4. The van der Waals surface area contributed by atoms with Gasteiger partial charge in [-0.05, 0) is 43.0 Å². The lowest BCUT2D eigenvalue weighted by Gasteiger charge is -2.31. The van der Waals surface area contributed by atoms with Crippen LogP contribution < -0.4 is 0 Å². The van der Waals surface area contributed by atoms with Crippen molar-refractivity contribution >= 4 is 11.6 Å². The van der Waals surface area contributed by atoms with Crippen molar-refractivity contribution in [3.05, 3.63) is 70.5 Å². The first-order valence-electron chi connectivity index (χ1n) is 6.60. The lowest BCUT2D eigenvalue weighted by Crippen LogP contribution is -2.30. The van der Waals surface area contributed by atoms with Crippen molar-refractivity contribution in [2.45, 2.75) is 25.9 Å². The summed E-state index contributed by atoms with van der Waals surface area (Å²) in [6.07, 6.45) is 0.263. The molecule has 1 nitrogen and oxygen atoms in total. The van der Waals surface area contributed by atoms with E-state index in [2.05, 4.69) is 0 Å². The van der Waals surface area contributed by atoms with Crippen molar-refractivity contribution in [3.63, 3.8) is 0 Å². The minimum absolute atomic E-state index is 0.248. The lowest BCUT2D eigenvalue weighted by molar-refractivity contribution is 0.0728. The first-order valence-corrected chi connectivity index (χ1v) is 7.13. The molecule has 2 aromatic carbocycles. The topological polar surface area (TPSA) is 20.2 Å². The minimum atomic E-state index is -1.40. The zero-order chi connectivity index (χ0) is 14.8. The van der Waals surface area contributed by atoms with Gasteiger partial charge in [0.15, 0.2) is 0 Å². The summed E-state index contributed by atoms with van der Waals surface area (Å²) in [5.74, 6) is -0.142. The van der Waals surface area contributed by atoms with Crippen LogP contribution in [0.3, 0.4) is 0 Å². The molecule has 0 saturated heterocycles. The molecular weight excluding hydrogens is 275 g/mol. The van der Waals surface area contributed by atoms with Crippen molar-refractivity contribution in [2.24, 2.45) is 0 Å². The largest absolute Gasteiger partial charge is 0.380 e. The molecule has 0 fully saturated rings. The van der Waals surface area contributed by atoms with E-state index in [1.807, 2.05) is 38.1 Å². The Kier molecular flexibility index (Phi) is 4.46. The molecule has 1 N–H and O–H groups in total. The molecule has 0 aromatic heterocycles. The summed E-state index contributed by atoms with van der Waals surface area (Å²) in [7, 11) is 0. The molecule has 0 bridgehead atoms. The third kappa shape index (κ3) is 2.72. The fourth-order valence-electron chi connectivity index (χ4n) is 2.70. The summed E-state index contributed by atoms with van der Waals surface area (Å²) in [5, 5.41) is 11.1. The van der Waals surface area contributed by atoms with Gasteiger partial charge in [-0.3, -0.25) is 0 Å². The van der Waals surface area contributed by atoms with Crippen molar-refractivity contribution < 1.29 is 9.50 Å². The van der Waals surface area contributed by atoms with Crippen LogP contribution >= 0.6 is 11.6 Å². The zero-order valence-electron chi connectivity index (χ0n) is 11.7. The van der Waals surface area contributed by atoms with Gasteiger partial charge in [0.05, 0.1) is 0 Å². The monoisotopic (exact) mass is 292 g/mol. The molecule has 20 heavy (non-hydrogen) atoms. The smallest absolute Gasteiger partial charge is 0.130 e. The van der Waals surface area contributed by atoms with Gasteiger partial charge in [0.25, 0.3) is 0 Å². The fourth-order valence-corrected chi connectivity index (χ4v) is 2.98. The highest BCUT2D eigenvalue weighted by Gasteiger charge is 2.35. The molecule has 1 unspecified atom stereocenters. The van der Waals surface area contributed by atoms with Crippen LogP contribution in [0.2, 0.25) is 0 Å². The van der Waals surface area contributed by atoms with Crippen LogP contribution in [0.15, 0.2) is 42.5 Å². The number of halogens is 2. The standard InChI is InChI=1S/C17H18ClFO/c1-12-10-13(2)16(15(19)11-12)17(20,8-9-18)14-6-4-3-5-7-14/h3-7,10-11,20H,8-9H2,1-2H3. The van der Waals surface area contributed by atoms with Crippen LogP contribution in [0.5, 0.6) is 0 Å². The molecule has 0 aliphatic rings. The van der Waals surface area contributed by atoms with Crippen LogP contribution in [0.4, 0.5) is 4.39 Å². The van der Waals surface area contributed by atoms with Gasteiger partial charge in [-0.15, -0.1) is 11.6 Å². The summed E-state index contributed by atoms with van der Waals surface area (Å²) in [4.78, 5) is 0. The second kappa shape index (κ2) is 5.94. The van der Waals surface area contributed by atoms with Crippen LogP contribution in [-0.2, 0) is 5.60 Å². The molecule has 1 atom stereocenters. The second-order valence-electron chi connectivity index (χ2n) is 5.10. The third-order valence-electron chi connectivity index (χ3n) is 3.55. The second-order valence-corrected chi connectivity index (χ2v) is 5.48. The maximum atomic E-state index is 14.4. The Morgan fingerprint density at radius 2 is 1.80 bits per heavy atom. The maximum Gasteiger partial charge on any atom is 0.130 e. The van der Waals surface area contributed by atoms with E-state index in [1.165, 1.54) is 6.07 Å². The van der Waals surface area contributed by atoms with Crippen LogP contribution in [0.1, 0.15) is 28.7 Å². The SMILES string of the molecule is Cc1cc(C)c(C(O)(CCCl)c2ccccc2)c(F)c1. The van der Waals surface area contributed by atoms with E-state index in [9.17, 15) is 9.50 Å². The quantitative estimate of drug-likeness (QED) is 0.833. The minimum Gasteiger partial charge on any atom is -0.380 e. The van der Waals surface area contributed by atoms with Crippen LogP contribution in [-0.4, -0.2) is 11.0 Å². The van der Waals surface area contributed by atoms with Crippen molar-refractivity contribution in [2.75, 3.05) is 5.88 Å². The fraction of sp³-hybridized carbons (Fsp3) is 0.294. The third-order valence-corrected chi connectivity index (χ3v) is 3.74. The first kappa shape index (κ1) is 15.0. The Morgan fingerprint density at radius 3 is 2.35 bits per heavy atom. The van der Waals surface area contributed by atoms with Gasteiger partial charge in [-0.2, -0.15) is 0 Å². The van der Waals surface area contributed by atoms with Gasteiger partial charge in [-0.1, -0.05) is 36.4 Å². The summed E-state index contributed by atoms with van der Waals surface area (Å²) < 4.78 is 14.4. The molecule has 3 heteroatoms. The normalized spacial score (nSPS) is 14.1. The molecule has 0 aliphatic heterocycles. The van der Waals surface area contributed by atoms with E-state index in [1.54, 1.807) is 12.1 Å². The van der Waals surface area contributed by atoms with Gasteiger partial charge in [-0.25, -0.2) is 4.39 Å². The Balaban J connectivity index is 2.66. The number of hydrogen-bond acceptors (Lipinski definition) is 1. The van der Waals surface area contributed by atoms with Gasteiger partial charge >= 0.3 is 0 Å². The van der Waals surface area contributed by atoms with E-state index in [4.69, 9.17) is 11.6 Å². The van der Waals surface area contributed by atoms with Crippen LogP contribution in [0, 0.1) is 19.7 Å². The van der Waals surface area contributed by atoms with Gasteiger partial charge < -0.3 is 5.11 Å². The molecule has 0 saturated carbocycles. The highest BCUT2D eigenvalue weighted by Crippen LogP contribution is 2.37. The number of benzene rings is 2. The molecule has 0 spiro atoms. The molecule has 0 aliphatic carbocycles. The Bertz CT molecular complexity index is 574. The van der Waals surface area contributed by atoms with Crippen molar-refractivity contribution in [1.29, 1.82) is 0 Å². The Hall–Kier alpha value is -1.38. The highest BCUT2D eigenvalue weighted by atomic mass is 35.5. The number of hydrogen-bond donors (Lipinski definition) is 1. The van der Waals surface area contributed by atoms with E-state index >= 15 is 0 Å². The lowest BCUT2D eigenvalue weighted by atomic mass is 9.81. The van der Waals surface area contributed by atoms with Crippen molar-refractivity contribution in [3.8, 4) is 0 Å². The van der Waals surface area contributed by atoms with E-state index in [-0.39, 0.29) is 18.1 Å². The predicted molar refractivity (Wildman–Crippen MR) is 80.7 cm³/mol. The molecular formula is C17H18ClFO. The molecule has 0 radical (unpaired) electrons. The maximum absolute atomic E-state index is 14.4. The molecule has 0 amide bonds. The van der Waals surface area contributed by atoms with Gasteiger partial charge in [0.1, 0.15) is 11.4 Å². The average molecular weight is 293 g/mol. The number of aliphatic hydroxyl groups is 1. The summed E-state index contributed by atoms with van der Waals surface area (Å²) >= 11 is 5.84. The molecule has 2 rings (SSSR count). The molecule has 0 heterocycles. The van der Waals surface area contributed by atoms with Crippen molar-refractivity contribution in [1.82, 2.24) is 0 Å². The molecule has 106 valence electrons. The summed E-state index contributed by atoms with van der Waals surface area (Å²) in [6.45, 7) is 3.65.